The van der Waals surface area contributed by atoms with Gasteiger partial charge in [-0.15, -0.1) is 0 Å². The lowest BCUT2D eigenvalue weighted by molar-refractivity contribution is -0.0725. The van der Waals surface area contributed by atoms with Gasteiger partial charge >= 0.3 is 7.82 Å². The number of aromatic nitrogens is 4. The summed E-state index contributed by atoms with van der Waals surface area (Å²) in [6, 6.07) is 0. The van der Waals surface area contributed by atoms with Gasteiger partial charge in [-0.05, 0) is 13.8 Å². The first kappa shape index (κ1) is 18.2. The topological polar surface area (TPSA) is 155 Å². The maximum absolute atomic E-state index is 11.0. The van der Waals surface area contributed by atoms with Crippen LogP contribution in [0.5, 0.6) is 0 Å². The molecule has 25 heavy (non-hydrogen) atoms. The molecule has 2 aromatic rings. The molecule has 1 aliphatic rings. The SMILES string of the molecule is CC(C)O[C@H]1C[C@H](n2cnc3c(N)ncnc32)O[C@@H]1COP(=O)(O)O. The van der Waals surface area contributed by atoms with Gasteiger partial charge < -0.3 is 25.0 Å². The molecule has 0 aliphatic carbocycles. The average molecular weight is 373 g/mol. The quantitative estimate of drug-likeness (QED) is 0.613. The first-order chi connectivity index (χ1) is 11.7. The summed E-state index contributed by atoms with van der Waals surface area (Å²) in [5.41, 5.74) is 6.76. The Balaban J connectivity index is 1.82. The number of nitrogens with zero attached hydrogens (tertiary/aromatic N) is 4. The van der Waals surface area contributed by atoms with E-state index in [1.54, 1.807) is 10.9 Å². The second kappa shape index (κ2) is 6.94. The fourth-order valence-corrected chi connectivity index (χ4v) is 3.11. The highest BCUT2D eigenvalue weighted by Gasteiger charge is 2.39. The van der Waals surface area contributed by atoms with Gasteiger partial charge in [0.15, 0.2) is 11.5 Å². The van der Waals surface area contributed by atoms with Crippen LogP contribution >= 0.6 is 7.82 Å². The molecule has 0 saturated carbocycles. The number of phosphoric acid groups is 1. The van der Waals surface area contributed by atoms with Crippen molar-refractivity contribution in [1.82, 2.24) is 19.5 Å². The fourth-order valence-electron chi connectivity index (χ4n) is 2.77. The van der Waals surface area contributed by atoms with Crippen LogP contribution in [0.25, 0.3) is 11.2 Å². The molecule has 0 bridgehead atoms. The van der Waals surface area contributed by atoms with E-state index in [0.717, 1.165) is 0 Å². The zero-order chi connectivity index (χ0) is 18.2. The summed E-state index contributed by atoms with van der Waals surface area (Å²) in [5.74, 6) is 0.262. The number of rotatable bonds is 6. The van der Waals surface area contributed by atoms with E-state index >= 15 is 0 Å². The monoisotopic (exact) mass is 373 g/mol. The molecule has 0 amide bonds. The lowest BCUT2D eigenvalue weighted by Crippen LogP contribution is -2.30. The van der Waals surface area contributed by atoms with E-state index in [1.165, 1.54) is 6.33 Å². The average Bonchev–Trinajstić information content (AvgIpc) is 3.08. The standard InChI is InChI=1S/C13H20N5O6P/c1-7(2)23-8-3-10(24-9(8)4-22-25(19,20)21)18-6-17-11-12(14)15-5-16-13(11)18/h5-10H,3-4H2,1-2H3,(H2,14,15,16)(H2,19,20,21)/t8-,9+,10+/m0/s1. The second-order valence-corrected chi connectivity index (χ2v) is 7.20. The number of anilines is 1. The predicted molar refractivity (Wildman–Crippen MR) is 86.3 cm³/mol. The maximum Gasteiger partial charge on any atom is 0.469 e. The molecule has 3 rings (SSSR count). The molecule has 0 unspecified atom stereocenters. The number of nitrogens with two attached hydrogens (primary N) is 1. The summed E-state index contributed by atoms with van der Waals surface area (Å²) in [4.78, 5) is 30.1. The Hall–Kier alpha value is -1.62. The first-order valence-electron chi connectivity index (χ1n) is 7.68. The van der Waals surface area contributed by atoms with E-state index < -0.39 is 26.3 Å². The van der Waals surface area contributed by atoms with Crippen molar-refractivity contribution in [3.05, 3.63) is 12.7 Å². The number of phosphoric ester groups is 1. The normalized spacial score (nSPS) is 24.4. The van der Waals surface area contributed by atoms with Crippen molar-refractivity contribution in [3.63, 3.8) is 0 Å². The number of hydrogen-bond acceptors (Lipinski definition) is 8. The van der Waals surface area contributed by atoms with Crippen LogP contribution in [0.1, 0.15) is 26.5 Å². The molecule has 11 nitrogen and oxygen atoms in total. The van der Waals surface area contributed by atoms with Gasteiger partial charge in [-0.2, -0.15) is 0 Å². The third-order valence-electron chi connectivity index (χ3n) is 3.73. The van der Waals surface area contributed by atoms with Gasteiger partial charge in [-0.3, -0.25) is 9.09 Å². The van der Waals surface area contributed by atoms with E-state index in [9.17, 15) is 4.57 Å². The first-order valence-corrected chi connectivity index (χ1v) is 9.21. The number of nitrogen functional groups attached to an aromatic ring is 1. The van der Waals surface area contributed by atoms with E-state index in [1.807, 2.05) is 13.8 Å². The Kier molecular flexibility index (Phi) is 5.05. The third kappa shape index (κ3) is 4.14. The summed E-state index contributed by atoms with van der Waals surface area (Å²) < 4.78 is 28.9. The molecule has 3 heterocycles. The highest BCUT2D eigenvalue weighted by molar-refractivity contribution is 7.46. The molecule has 1 saturated heterocycles. The van der Waals surface area contributed by atoms with Crippen LogP contribution in [-0.4, -0.2) is 54.2 Å². The van der Waals surface area contributed by atoms with Crippen molar-refractivity contribution < 1.29 is 28.3 Å². The summed E-state index contributed by atoms with van der Waals surface area (Å²) in [7, 11) is -4.60. The molecule has 0 radical (unpaired) electrons. The smallest absolute Gasteiger partial charge is 0.382 e. The molecule has 12 heteroatoms. The Morgan fingerprint density at radius 3 is 2.88 bits per heavy atom. The lowest BCUT2D eigenvalue weighted by atomic mass is 10.2. The van der Waals surface area contributed by atoms with Crippen LogP contribution < -0.4 is 5.73 Å². The van der Waals surface area contributed by atoms with Crippen molar-refractivity contribution in [1.29, 1.82) is 0 Å². The maximum atomic E-state index is 11.0. The van der Waals surface area contributed by atoms with E-state index in [-0.39, 0.29) is 18.5 Å². The molecule has 0 spiro atoms. The Labute approximate surface area is 143 Å². The van der Waals surface area contributed by atoms with Crippen molar-refractivity contribution in [2.45, 2.75) is 44.8 Å². The summed E-state index contributed by atoms with van der Waals surface area (Å²) in [6.07, 6.45) is 1.73. The van der Waals surface area contributed by atoms with Crippen molar-refractivity contribution in [2.75, 3.05) is 12.3 Å². The van der Waals surface area contributed by atoms with Crippen LogP contribution in [0.2, 0.25) is 0 Å². The minimum atomic E-state index is -4.60. The van der Waals surface area contributed by atoms with Gasteiger partial charge in [-0.25, -0.2) is 19.5 Å². The molecule has 3 atom stereocenters. The molecule has 0 aromatic carbocycles. The van der Waals surface area contributed by atoms with Gasteiger partial charge in [0.2, 0.25) is 0 Å². The van der Waals surface area contributed by atoms with Crippen LogP contribution in [0, 0.1) is 0 Å². The van der Waals surface area contributed by atoms with Gasteiger partial charge in [0.1, 0.15) is 24.2 Å². The number of hydrogen-bond donors (Lipinski definition) is 3. The zero-order valence-corrected chi connectivity index (χ0v) is 14.6. The second-order valence-electron chi connectivity index (χ2n) is 5.96. The van der Waals surface area contributed by atoms with Crippen molar-refractivity contribution >= 4 is 24.8 Å². The van der Waals surface area contributed by atoms with Gasteiger partial charge in [0, 0.05) is 6.42 Å². The van der Waals surface area contributed by atoms with Crippen LogP contribution in [0.15, 0.2) is 12.7 Å². The minimum Gasteiger partial charge on any atom is -0.382 e. The minimum absolute atomic E-state index is 0.0811. The molecule has 1 fully saturated rings. The summed E-state index contributed by atoms with van der Waals surface area (Å²) in [6.45, 7) is 3.45. The fraction of sp³-hybridized carbons (Fsp3) is 0.615. The highest BCUT2D eigenvalue weighted by Crippen LogP contribution is 2.39. The Morgan fingerprint density at radius 1 is 1.44 bits per heavy atom. The van der Waals surface area contributed by atoms with Crippen molar-refractivity contribution in [2.24, 2.45) is 0 Å². The van der Waals surface area contributed by atoms with Gasteiger partial charge in [0.25, 0.3) is 0 Å². The van der Waals surface area contributed by atoms with Crippen LogP contribution in [-0.2, 0) is 18.6 Å². The van der Waals surface area contributed by atoms with E-state index in [2.05, 4.69) is 19.5 Å². The number of ether oxygens (including phenoxy) is 2. The van der Waals surface area contributed by atoms with Crippen LogP contribution in [0.4, 0.5) is 5.82 Å². The van der Waals surface area contributed by atoms with Crippen LogP contribution in [0.3, 0.4) is 0 Å². The van der Waals surface area contributed by atoms with E-state index in [0.29, 0.717) is 17.6 Å². The molecular formula is C13H20N5O6P. The summed E-state index contributed by atoms with van der Waals surface area (Å²) >= 11 is 0. The van der Waals surface area contributed by atoms with Crippen molar-refractivity contribution in [3.8, 4) is 0 Å². The molecule has 4 N–H and O–H groups in total. The number of fused-ring (bicyclic) bond motifs is 1. The predicted octanol–water partition coefficient (Wildman–Crippen LogP) is 0.599. The highest BCUT2D eigenvalue weighted by atomic mass is 31.2. The largest absolute Gasteiger partial charge is 0.469 e. The lowest BCUT2D eigenvalue weighted by Gasteiger charge is -2.20. The summed E-state index contributed by atoms with van der Waals surface area (Å²) in [5, 5.41) is 0. The third-order valence-corrected chi connectivity index (χ3v) is 4.22. The molecule has 2 aromatic heterocycles. The Bertz CT molecular complexity index is 792. The zero-order valence-electron chi connectivity index (χ0n) is 13.7. The van der Waals surface area contributed by atoms with E-state index in [4.69, 9.17) is 25.0 Å². The molecule has 1 aliphatic heterocycles. The molecule has 138 valence electrons. The van der Waals surface area contributed by atoms with Gasteiger partial charge in [-0.1, -0.05) is 0 Å². The van der Waals surface area contributed by atoms with Gasteiger partial charge in [0.05, 0.1) is 25.1 Å². The number of imidazole rings is 1. The Morgan fingerprint density at radius 2 is 2.20 bits per heavy atom. The molecular weight excluding hydrogens is 353 g/mol.